The van der Waals surface area contributed by atoms with Crippen molar-refractivity contribution in [2.45, 2.75) is 13.0 Å². The van der Waals surface area contributed by atoms with Gasteiger partial charge in [-0.25, -0.2) is 0 Å². The van der Waals surface area contributed by atoms with Gasteiger partial charge in [-0.15, -0.1) is 0 Å². The van der Waals surface area contributed by atoms with Crippen LogP contribution in [0.4, 0.5) is 0 Å². The summed E-state index contributed by atoms with van der Waals surface area (Å²) in [6.45, 7) is 6.54. The molecule has 78 valence electrons. The van der Waals surface area contributed by atoms with Crippen LogP contribution in [-0.4, -0.2) is 6.54 Å². The Morgan fingerprint density at radius 3 is 3.00 bits per heavy atom. The van der Waals surface area contributed by atoms with Gasteiger partial charge in [0.2, 0.25) is 0 Å². The van der Waals surface area contributed by atoms with E-state index in [0.29, 0.717) is 5.56 Å². The largest absolute Gasteiger partial charge is 0.306 e. The Morgan fingerprint density at radius 1 is 1.67 bits per heavy atom. The van der Waals surface area contributed by atoms with Crippen LogP contribution in [0.3, 0.4) is 0 Å². The van der Waals surface area contributed by atoms with Crippen molar-refractivity contribution in [1.29, 1.82) is 5.26 Å². The van der Waals surface area contributed by atoms with Crippen molar-refractivity contribution in [3.05, 3.63) is 46.5 Å². The van der Waals surface area contributed by atoms with E-state index < -0.39 is 0 Å². The van der Waals surface area contributed by atoms with Crippen molar-refractivity contribution in [3.8, 4) is 6.07 Å². The Kier molecular flexibility index (Phi) is 4.54. The smallest absolute Gasteiger partial charge is 0.0991 e. The molecule has 1 aromatic carbocycles. The van der Waals surface area contributed by atoms with Crippen molar-refractivity contribution in [2.24, 2.45) is 0 Å². The molecule has 0 saturated carbocycles. The molecule has 1 unspecified atom stereocenters. The number of hydrogen-bond donors (Lipinski definition) is 1. The first kappa shape index (κ1) is 12.0. The van der Waals surface area contributed by atoms with Crippen molar-refractivity contribution in [1.82, 2.24) is 5.32 Å². The highest BCUT2D eigenvalue weighted by Gasteiger charge is 2.04. The van der Waals surface area contributed by atoms with Crippen LogP contribution < -0.4 is 5.32 Å². The highest BCUT2D eigenvalue weighted by molar-refractivity contribution is 9.11. The second-order valence-corrected chi connectivity index (χ2v) is 4.48. The maximum absolute atomic E-state index is 8.77. The lowest BCUT2D eigenvalue weighted by atomic mass is 10.1. The van der Waals surface area contributed by atoms with Gasteiger partial charge >= 0.3 is 0 Å². The summed E-state index contributed by atoms with van der Waals surface area (Å²) in [5, 5.41) is 12.1. The number of benzene rings is 1. The van der Waals surface area contributed by atoms with Crippen LogP contribution in [0.1, 0.15) is 24.1 Å². The zero-order valence-corrected chi connectivity index (χ0v) is 10.2. The first-order valence-electron chi connectivity index (χ1n) is 4.70. The summed E-state index contributed by atoms with van der Waals surface area (Å²) in [5.41, 5.74) is 1.81. The second kappa shape index (κ2) is 5.69. The molecule has 0 amide bonds. The summed E-state index contributed by atoms with van der Waals surface area (Å²) < 4.78 is 0.922. The minimum Gasteiger partial charge on any atom is -0.306 e. The predicted molar refractivity (Wildman–Crippen MR) is 65.6 cm³/mol. The summed E-state index contributed by atoms with van der Waals surface area (Å²) in [4.78, 5) is 0. The lowest BCUT2D eigenvalue weighted by molar-refractivity contribution is 0.615. The summed E-state index contributed by atoms with van der Waals surface area (Å²) in [7, 11) is 0. The minimum absolute atomic E-state index is 0.215. The molecule has 1 N–H and O–H groups in total. The Hall–Kier alpha value is -1.11. The van der Waals surface area contributed by atoms with E-state index in [2.05, 4.69) is 40.8 Å². The quantitative estimate of drug-likeness (QED) is 0.907. The van der Waals surface area contributed by atoms with E-state index in [1.54, 1.807) is 6.07 Å². The molecular weight excluding hydrogens is 252 g/mol. The average molecular weight is 265 g/mol. The predicted octanol–water partition coefficient (Wildman–Crippen LogP) is 3.12. The van der Waals surface area contributed by atoms with Gasteiger partial charge in [0.1, 0.15) is 0 Å². The molecule has 1 aromatic rings. The standard InChI is InChI=1S/C12H13BrN2/c1-9(13)8-15-10(2)12-5-3-4-11(6-12)7-14/h3-6,10,15H,1,8H2,2H3. The molecule has 0 heterocycles. The van der Waals surface area contributed by atoms with Gasteiger partial charge in [0.25, 0.3) is 0 Å². The van der Waals surface area contributed by atoms with Crippen molar-refractivity contribution < 1.29 is 0 Å². The number of nitriles is 1. The Bertz CT molecular complexity index is 393. The minimum atomic E-state index is 0.215. The molecule has 15 heavy (non-hydrogen) atoms. The molecule has 0 spiro atoms. The van der Waals surface area contributed by atoms with E-state index in [9.17, 15) is 0 Å². The van der Waals surface area contributed by atoms with Crippen LogP contribution in [0.2, 0.25) is 0 Å². The molecule has 0 saturated heterocycles. The van der Waals surface area contributed by atoms with E-state index in [0.717, 1.165) is 16.6 Å². The van der Waals surface area contributed by atoms with E-state index in [4.69, 9.17) is 5.26 Å². The molecule has 2 nitrogen and oxygen atoms in total. The molecule has 1 atom stereocenters. The van der Waals surface area contributed by atoms with E-state index in [-0.39, 0.29) is 6.04 Å². The van der Waals surface area contributed by atoms with Gasteiger partial charge in [-0.05, 0) is 24.6 Å². The van der Waals surface area contributed by atoms with Gasteiger partial charge in [-0.1, -0.05) is 34.6 Å². The lowest BCUT2D eigenvalue weighted by Gasteiger charge is -2.13. The van der Waals surface area contributed by atoms with Crippen molar-refractivity contribution in [2.75, 3.05) is 6.54 Å². The molecular formula is C12H13BrN2. The van der Waals surface area contributed by atoms with E-state index in [1.807, 2.05) is 18.2 Å². The summed E-state index contributed by atoms with van der Waals surface area (Å²) in [5.74, 6) is 0. The number of hydrogen-bond acceptors (Lipinski definition) is 2. The number of nitrogens with one attached hydrogen (secondary N) is 1. The Labute approximate surface area is 98.7 Å². The molecule has 1 rings (SSSR count). The topological polar surface area (TPSA) is 35.8 Å². The van der Waals surface area contributed by atoms with Crippen LogP contribution in [0.25, 0.3) is 0 Å². The molecule has 0 aliphatic heterocycles. The molecule has 0 fully saturated rings. The summed E-state index contributed by atoms with van der Waals surface area (Å²) >= 11 is 3.29. The zero-order valence-electron chi connectivity index (χ0n) is 8.63. The third-order valence-electron chi connectivity index (χ3n) is 2.12. The van der Waals surface area contributed by atoms with Crippen LogP contribution >= 0.6 is 15.9 Å². The lowest BCUT2D eigenvalue weighted by Crippen LogP contribution is -2.19. The third kappa shape index (κ3) is 3.86. The second-order valence-electron chi connectivity index (χ2n) is 3.36. The van der Waals surface area contributed by atoms with Crippen molar-refractivity contribution in [3.63, 3.8) is 0 Å². The maximum atomic E-state index is 8.77. The van der Waals surface area contributed by atoms with Crippen LogP contribution in [0.5, 0.6) is 0 Å². The number of halogens is 1. The fourth-order valence-electron chi connectivity index (χ4n) is 1.26. The van der Waals surface area contributed by atoms with Gasteiger partial charge in [-0.2, -0.15) is 5.26 Å². The maximum Gasteiger partial charge on any atom is 0.0991 e. The molecule has 3 heteroatoms. The molecule has 0 radical (unpaired) electrons. The first-order chi connectivity index (χ1) is 7.13. The Balaban J connectivity index is 2.69. The molecule has 0 aromatic heterocycles. The molecule has 0 aliphatic rings. The SMILES string of the molecule is C=C(Br)CNC(C)c1cccc(C#N)c1. The monoisotopic (exact) mass is 264 g/mol. The van der Waals surface area contributed by atoms with Gasteiger partial charge in [0.05, 0.1) is 11.6 Å². The fraction of sp³-hybridized carbons (Fsp3) is 0.250. The molecule has 0 aliphatic carbocycles. The third-order valence-corrected chi connectivity index (χ3v) is 2.40. The van der Waals surface area contributed by atoms with E-state index >= 15 is 0 Å². The number of nitrogens with zero attached hydrogens (tertiary/aromatic N) is 1. The van der Waals surface area contributed by atoms with Crippen LogP contribution in [-0.2, 0) is 0 Å². The molecule has 0 bridgehead atoms. The Morgan fingerprint density at radius 2 is 2.40 bits per heavy atom. The van der Waals surface area contributed by atoms with Gasteiger partial charge < -0.3 is 5.32 Å². The summed E-state index contributed by atoms with van der Waals surface area (Å²) in [6.07, 6.45) is 0. The first-order valence-corrected chi connectivity index (χ1v) is 5.49. The normalized spacial score (nSPS) is 11.8. The van der Waals surface area contributed by atoms with Gasteiger partial charge in [0, 0.05) is 17.1 Å². The van der Waals surface area contributed by atoms with Crippen LogP contribution in [0, 0.1) is 11.3 Å². The average Bonchev–Trinajstić information content (AvgIpc) is 2.26. The fourth-order valence-corrected chi connectivity index (χ4v) is 1.42. The van der Waals surface area contributed by atoms with E-state index in [1.165, 1.54) is 0 Å². The highest BCUT2D eigenvalue weighted by Crippen LogP contribution is 2.14. The highest BCUT2D eigenvalue weighted by atomic mass is 79.9. The zero-order chi connectivity index (χ0) is 11.3. The number of rotatable bonds is 4. The van der Waals surface area contributed by atoms with Crippen LogP contribution in [0.15, 0.2) is 35.3 Å². The summed E-state index contributed by atoms with van der Waals surface area (Å²) in [6, 6.07) is 9.96. The van der Waals surface area contributed by atoms with Gasteiger partial charge in [0.15, 0.2) is 0 Å². The van der Waals surface area contributed by atoms with Crippen molar-refractivity contribution >= 4 is 15.9 Å². The van der Waals surface area contributed by atoms with Gasteiger partial charge in [-0.3, -0.25) is 0 Å².